The summed E-state index contributed by atoms with van der Waals surface area (Å²) < 4.78 is 1.96. The van der Waals surface area contributed by atoms with Crippen LogP contribution in [0.15, 0.2) is 6.20 Å². The van der Waals surface area contributed by atoms with Crippen molar-refractivity contribution in [1.82, 2.24) is 19.9 Å². The maximum Gasteiger partial charge on any atom is 0.225 e. The molecule has 0 aromatic carbocycles. The fraction of sp³-hybridized carbons (Fsp3) is 0.786. The number of likely N-dealkylation sites (tertiary alicyclic amines) is 1. The molecule has 1 amide bonds. The number of rotatable bonds is 3. The van der Waals surface area contributed by atoms with E-state index in [1.807, 2.05) is 9.58 Å². The Hall–Kier alpha value is -1.39. The fourth-order valence-electron chi connectivity index (χ4n) is 3.27. The number of carbonyl (C=O) groups excluding carboxylic acids is 1. The Morgan fingerprint density at radius 2 is 1.89 bits per heavy atom. The number of hydrogen-bond acceptors (Lipinski definition) is 3. The van der Waals surface area contributed by atoms with Crippen molar-refractivity contribution >= 4 is 5.91 Å². The predicted molar refractivity (Wildman–Crippen MR) is 69.6 cm³/mol. The van der Waals surface area contributed by atoms with Gasteiger partial charge in [0.15, 0.2) is 0 Å². The third-order valence-electron chi connectivity index (χ3n) is 4.78. The standard InChI is InChI=1S/C14H20N4O/c19-14(11-3-1-2-4-11)17-7-12(8-17)18-9-13(15-16-18)10-5-6-10/h9-12H,1-8H2. The number of carbonyl (C=O) groups is 1. The first kappa shape index (κ1) is 11.4. The average Bonchev–Trinajstić information content (AvgIpc) is 2.90. The van der Waals surface area contributed by atoms with Gasteiger partial charge in [-0.15, -0.1) is 5.10 Å². The Bertz CT molecular complexity index is 481. The van der Waals surface area contributed by atoms with Gasteiger partial charge in [-0.3, -0.25) is 4.79 Å². The zero-order valence-corrected chi connectivity index (χ0v) is 11.2. The van der Waals surface area contributed by atoms with Crippen LogP contribution in [0.4, 0.5) is 0 Å². The molecule has 1 aliphatic heterocycles. The van der Waals surface area contributed by atoms with Gasteiger partial charge in [-0.1, -0.05) is 18.1 Å². The first-order valence-electron chi connectivity index (χ1n) is 7.52. The third-order valence-corrected chi connectivity index (χ3v) is 4.78. The molecule has 0 spiro atoms. The fourth-order valence-corrected chi connectivity index (χ4v) is 3.27. The Kier molecular flexibility index (Phi) is 2.60. The molecule has 1 aromatic rings. The van der Waals surface area contributed by atoms with Crippen molar-refractivity contribution in [2.75, 3.05) is 13.1 Å². The highest BCUT2D eigenvalue weighted by Gasteiger charge is 2.37. The van der Waals surface area contributed by atoms with Gasteiger partial charge < -0.3 is 4.90 Å². The lowest BCUT2D eigenvalue weighted by molar-refractivity contribution is -0.141. The number of amides is 1. The van der Waals surface area contributed by atoms with Gasteiger partial charge >= 0.3 is 0 Å². The first-order chi connectivity index (χ1) is 9.31. The van der Waals surface area contributed by atoms with E-state index in [0.29, 0.717) is 23.8 Å². The molecule has 102 valence electrons. The molecule has 0 unspecified atom stereocenters. The number of aromatic nitrogens is 3. The van der Waals surface area contributed by atoms with E-state index in [-0.39, 0.29) is 0 Å². The molecule has 2 aliphatic carbocycles. The number of nitrogens with zero attached hydrogens (tertiary/aromatic N) is 4. The molecule has 3 fully saturated rings. The molecule has 1 aromatic heterocycles. The van der Waals surface area contributed by atoms with Crippen LogP contribution in [0.5, 0.6) is 0 Å². The van der Waals surface area contributed by atoms with E-state index >= 15 is 0 Å². The summed E-state index contributed by atoms with van der Waals surface area (Å²) in [7, 11) is 0. The molecule has 0 bridgehead atoms. The molecule has 19 heavy (non-hydrogen) atoms. The molecule has 2 heterocycles. The van der Waals surface area contributed by atoms with Gasteiger partial charge in [-0.2, -0.15) is 0 Å². The summed E-state index contributed by atoms with van der Waals surface area (Å²) in [6, 6.07) is 0.352. The first-order valence-corrected chi connectivity index (χ1v) is 7.52. The van der Waals surface area contributed by atoms with Crippen LogP contribution in [-0.2, 0) is 4.79 Å². The minimum Gasteiger partial charge on any atom is -0.338 e. The van der Waals surface area contributed by atoms with Gasteiger partial charge in [0.05, 0.1) is 11.7 Å². The Labute approximate surface area is 113 Å². The highest BCUT2D eigenvalue weighted by Crippen LogP contribution is 2.39. The van der Waals surface area contributed by atoms with Gasteiger partial charge in [0.1, 0.15) is 0 Å². The van der Waals surface area contributed by atoms with E-state index in [2.05, 4.69) is 16.5 Å². The van der Waals surface area contributed by atoms with Gasteiger partial charge in [-0.25, -0.2) is 4.68 Å². The SMILES string of the molecule is O=C(C1CCCC1)N1CC(n2cc(C3CC3)nn2)C1. The molecule has 5 nitrogen and oxygen atoms in total. The molecule has 1 saturated heterocycles. The van der Waals surface area contributed by atoms with Crippen molar-refractivity contribution in [2.24, 2.45) is 5.92 Å². The predicted octanol–water partition coefficient (Wildman–Crippen LogP) is 1.73. The van der Waals surface area contributed by atoms with Gasteiger partial charge in [0, 0.05) is 31.1 Å². The lowest BCUT2D eigenvalue weighted by Crippen LogP contribution is -2.52. The van der Waals surface area contributed by atoms with Crippen LogP contribution in [0.3, 0.4) is 0 Å². The third kappa shape index (κ3) is 2.05. The molecule has 2 saturated carbocycles. The summed E-state index contributed by atoms with van der Waals surface area (Å²) in [5.41, 5.74) is 1.14. The lowest BCUT2D eigenvalue weighted by atomic mass is 10.0. The topological polar surface area (TPSA) is 51.0 Å². The minimum atomic E-state index is 0.304. The lowest BCUT2D eigenvalue weighted by Gasteiger charge is -2.40. The number of hydrogen-bond donors (Lipinski definition) is 0. The van der Waals surface area contributed by atoms with E-state index in [1.165, 1.54) is 25.7 Å². The van der Waals surface area contributed by atoms with Crippen molar-refractivity contribution in [2.45, 2.75) is 50.5 Å². The largest absolute Gasteiger partial charge is 0.338 e. The molecule has 3 aliphatic rings. The van der Waals surface area contributed by atoms with Crippen LogP contribution < -0.4 is 0 Å². The van der Waals surface area contributed by atoms with Crippen LogP contribution in [-0.4, -0.2) is 38.9 Å². The second kappa shape index (κ2) is 4.32. The molecule has 5 heteroatoms. The van der Waals surface area contributed by atoms with Crippen LogP contribution in [0, 0.1) is 5.92 Å². The van der Waals surface area contributed by atoms with Crippen molar-refractivity contribution in [3.05, 3.63) is 11.9 Å². The van der Waals surface area contributed by atoms with Crippen molar-refractivity contribution in [1.29, 1.82) is 0 Å². The summed E-state index contributed by atoms with van der Waals surface area (Å²) in [5.74, 6) is 1.33. The minimum absolute atomic E-state index is 0.304. The zero-order valence-electron chi connectivity index (χ0n) is 11.2. The summed E-state index contributed by atoms with van der Waals surface area (Å²) in [6.07, 6.45) is 9.23. The Morgan fingerprint density at radius 3 is 2.58 bits per heavy atom. The van der Waals surface area contributed by atoms with Crippen molar-refractivity contribution in [3.63, 3.8) is 0 Å². The van der Waals surface area contributed by atoms with Crippen LogP contribution >= 0.6 is 0 Å². The summed E-state index contributed by atoms with van der Waals surface area (Å²) in [4.78, 5) is 14.2. The molecule has 0 N–H and O–H groups in total. The van der Waals surface area contributed by atoms with Gasteiger partial charge in [-0.05, 0) is 25.7 Å². The van der Waals surface area contributed by atoms with Crippen molar-refractivity contribution in [3.8, 4) is 0 Å². The van der Waals surface area contributed by atoms with E-state index in [9.17, 15) is 4.79 Å². The molecule has 0 atom stereocenters. The van der Waals surface area contributed by atoms with Crippen LogP contribution in [0.2, 0.25) is 0 Å². The smallest absolute Gasteiger partial charge is 0.225 e. The van der Waals surface area contributed by atoms with E-state index in [1.54, 1.807) is 0 Å². The van der Waals surface area contributed by atoms with Crippen LogP contribution in [0.25, 0.3) is 0 Å². The molecular weight excluding hydrogens is 240 g/mol. The summed E-state index contributed by atoms with van der Waals surface area (Å²) >= 11 is 0. The molecule has 0 radical (unpaired) electrons. The quantitative estimate of drug-likeness (QED) is 0.831. The van der Waals surface area contributed by atoms with E-state index in [4.69, 9.17) is 0 Å². The van der Waals surface area contributed by atoms with E-state index < -0.39 is 0 Å². The summed E-state index contributed by atoms with van der Waals surface area (Å²) in [6.45, 7) is 1.64. The maximum absolute atomic E-state index is 12.2. The van der Waals surface area contributed by atoms with Crippen LogP contribution in [0.1, 0.15) is 56.2 Å². The highest BCUT2D eigenvalue weighted by atomic mass is 16.2. The zero-order chi connectivity index (χ0) is 12.8. The Morgan fingerprint density at radius 1 is 1.16 bits per heavy atom. The maximum atomic E-state index is 12.2. The summed E-state index contributed by atoms with van der Waals surface area (Å²) in [5, 5.41) is 8.46. The second-order valence-electron chi connectivity index (χ2n) is 6.28. The van der Waals surface area contributed by atoms with Crippen molar-refractivity contribution < 1.29 is 4.79 Å². The molecule has 4 rings (SSSR count). The molecular formula is C14H20N4O. The normalized spacial score (nSPS) is 24.7. The van der Waals surface area contributed by atoms with E-state index in [0.717, 1.165) is 31.6 Å². The average molecular weight is 260 g/mol. The highest BCUT2D eigenvalue weighted by molar-refractivity contribution is 5.79. The Balaban J connectivity index is 1.34. The monoisotopic (exact) mass is 260 g/mol. The van der Waals surface area contributed by atoms with Gasteiger partial charge in [0.25, 0.3) is 0 Å². The van der Waals surface area contributed by atoms with Gasteiger partial charge in [0.2, 0.25) is 5.91 Å². The second-order valence-corrected chi connectivity index (χ2v) is 6.28.